The first kappa shape index (κ1) is 58.6. The van der Waals surface area contributed by atoms with Gasteiger partial charge in [0, 0.05) is 19.3 Å². The number of ether oxygens (including phenoxy) is 3. The summed E-state index contributed by atoms with van der Waals surface area (Å²) in [6.45, 7) is 6.57. The molecule has 1 atom stereocenters. The number of esters is 3. The van der Waals surface area contributed by atoms with E-state index in [0.29, 0.717) is 19.3 Å². The maximum atomic E-state index is 12.8. The van der Waals surface area contributed by atoms with Gasteiger partial charge in [0.1, 0.15) is 13.2 Å². The lowest BCUT2D eigenvalue weighted by atomic mass is 10.0. The van der Waals surface area contributed by atoms with Crippen LogP contribution < -0.4 is 0 Å². The molecule has 0 amide bonds. The third-order valence-electron chi connectivity index (χ3n) is 11.6. The topological polar surface area (TPSA) is 78.9 Å². The first-order valence-corrected chi connectivity index (χ1v) is 26.5. The van der Waals surface area contributed by atoms with Crippen molar-refractivity contribution >= 4 is 17.9 Å². The van der Waals surface area contributed by atoms with Crippen molar-refractivity contribution in [2.24, 2.45) is 0 Å². The van der Waals surface area contributed by atoms with Crippen LogP contribution in [0.2, 0.25) is 0 Å². The van der Waals surface area contributed by atoms with Crippen LogP contribution in [0.1, 0.15) is 278 Å². The van der Waals surface area contributed by atoms with E-state index in [-0.39, 0.29) is 31.1 Å². The Balaban J connectivity index is 4.19. The van der Waals surface area contributed by atoms with Crippen LogP contribution in [0.15, 0.2) is 36.5 Å². The number of carbonyl (C=O) groups is 3. The number of rotatable bonds is 48. The summed E-state index contributed by atoms with van der Waals surface area (Å²) in [4.78, 5) is 37.8. The lowest BCUT2D eigenvalue weighted by Gasteiger charge is -2.18. The van der Waals surface area contributed by atoms with Crippen molar-refractivity contribution in [2.45, 2.75) is 284 Å². The number of carbonyl (C=O) groups excluding carboxylic acids is 3. The predicted octanol–water partition coefficient (Wildman–Crippen LogP) is 17.3. The van der Waals surface area contributed by atoms with E-state index in [1.165, 1.54) is 161 Å². The summed E-state index contributed by atoms with van der Waals surface area (Å²) in [5.74, 6) is -0.884. The van der Waals surface area contributed by atoms with Crippen LogP contribution in [0.4, 0.5) is 0 Å². The van der Waals surface area contributed by atoms with E-state index in [1.807, 2.05) is 0 Å². The fourth-order valence-electron chi connectivity index (χ4n) is 7.63. The van der Waals surface area contributed by atoms with E-state index in [9.17, 15) is 14.4 Å². The van der Waals surface area contributed by atoms with Gasteiger partial charge in [0.15, 0.2) is 6.10 Å². The fourth-order valence-corrected chi connectivity index (χ4v) is 7.63. The minimum Gasteiger partial charge on any atom is -0.462 e. The molecule has 0 aliphatic heterocycles. The van der Waals surface area contributed by atoms with Crippen LogP contribution in [-0.4, -0.2) is 37.2 Å². The molecule has 61 heavy (non-hydrogen) atoms. The highest BCUT2D eigenvalue weighted by molar-refractivity contribution is 5.71. The maximum absolute atomic E-state index is 12.8. The van der Waals surface area contributed by atoms with Crippen molar-refractivity contribution in [2.75, 3.05) is 13.2 Å². The average Bonchev–Trinajstić information content (AvgIpc) is 3.26. The standard InChI is InChI=1S/C55H100O6/c1-4-7-10-13-16-18-20-22-24-26-28-30-31-33-35-37-39-42-45-48-54(57)60-51-52(50-59-53(56)47-44-41-15-12-9-6-3)61-55(58)49-46-43-40-38-36-34-32-29-27-25-23-21-19-17-14-11-8-5-2/h16,18,22,24,28,30,52H,4-15,17,19-21,23,25-27,29,31-51H2,1-3H3/b18-16-,24-22-,30-28-. The highest BCUT2D eigenvalue weighted by atomic mass is 16.6. The Bertz CT molecular complexity index is 1030. The summed E-state index contributed by atoms with van der Waals surface area (Å²) in [6, 6.07) is 0. The van der Waals surface area contributed by atoms with E-state index in [2.05, 4.69) is 57.2 Å². The highest BCUT2D eigenvalue weighted by Crippen LogP contribution is 2.16. The van der Waals surface area contributed by atoms with Gasteiger partial charge in [-0.05, 0) is 57.8 Å². The summed E-state index contributed by atoms with van der Waals surface area (Å²) in [5, 5.41) is 0. The molecule has 6 heteroatoms. The minimum absolute atomic E-state index is 0.0739. The molecule has 0 saturated heterocycles. The van der Waals surface area contributed by atoms with Crippen LogP contribution in [0.3, 0.4) is 0 Å². The van der Waals surface area contributed by atoms with Gasteiger partial charge < -0.3 is 14.2 Å². The van der Waals surface area contributed by atoms with Crippen LogP contribution in [0.25, 0.3) is 0 Å². The third-order valence-corrected chi connectivity index (χ3v) is 11.6. The predicted molar refractivity (Wildman–Crippen MR) is 261 cm³/mol. The molecule has 0 aromatic heterocycles. The molecule has 0 heterocycles. The number of unbranched alkanes of at least 4 members (excludes halogenated alkanes) is 31. The molecule has 0 bridgehead atoms. The largest absolute Gasteiger partial charge is 0.462 e. The Hall–Kier alpha value is -2.37. The molecule has 0 rings (SSSR count). The van der Waals surface area contributed by atoms with Gasteiger partial charge in [-0.15, -0.1) is 0 Å². The Morgan fingerprint density at radius 1 is 0.328 bits per heavy atom. The molecule has 0 fully saturated rings. The Morgan fingerprint density at radius 2 is 0.590 bits per heavy atom. The average molecular weight is 857 g/mol. The number of allylic oxidation sites excluding steroid dienone is 6. The zero-order valence-electron chi connectivity index (χ0n) is 40.7. The van der Waals surface area contributed by atoms with E-state index in [0.717, 1.165) is 77.0 Å². The van der Waals surface area contributed by atoms with E-state index in [4.69, 9.17) is 14.2 Å². The molecule has 0 radical (unpaired) electrons. The molecule has 0 aromatic carbocycles. The van der Waals surface area contributed by atoms with Crippen molar-refractivity contribution < 1.29 is 28.6 Å². The van der Waals surface area contributed by atoms with Crippen molar-refractivity contribution in [3.63, 3.8) is 0 Å². The van der Waals surface area contributed by atoms with Crippen LogP contribution >= 0.6 is 0 Å². The molecule has 0 aromatic rings. The highest BCUT2D eigenvalue weighted by Gasteiger charge is 2.19. The summed E-state index contributed by atoms with van der Waals surface area (Å²) < 4.78 is 16.7. The van der Waals surface area contributed by atoms with E-state index < -0.39 is 6.10 Å². The zero-order chi connectivity index (χ0) is 44.4. The van der Waals surface area contributed by atoms with Crippen LogP contribution in [0.5, 0.6) is 0 Å². The lowest BCUT2D eigenvalue weighted by molar-refractivity contribution is -0.167. The summed E-state index contributed by atoms with van der Waals surface area (Å²) in [5.41, 5.74) is 0. The fraction of sp³-hybridized carbons (Fsp3) is 0.836. The molecule has 0 aliphatic carbocycles. The molecule has 356 valence electrons. The minimum atomic E-state index is -0.771. The molecule has 0 N–H and O–H groups in total. The van der Waals surface area contributed by atoms with Crippen molar-refractivity contribution in [1.82, 2.24) is 0 Å². The quantitative estimate of drug-likeness (QED) is 0.0262. The lowest BCUT2D eigenvalue weighted by Crippen LogP contribution is -2.30. The smallest absolute Gasteiger partial charge is 0.306 e. The van der Waals surface area contributed by atoms with Crippen molar-refractivity contribution in [3.8, 4) is 0 Å². The van der Waals surface area contributed by atoms with Gasteiger partial charge in [0.25, 0.3) is 0 Å². The Kier molecular flexibility index (Phi) is 48.3. The summed E-state index contributed by atoms with van der Waals surface area (Å²) in [7, 11) is 0. The van der Waals surface area contributed by atoms with Gasteiger partial charge in [-0.25, -0.2) is 0 Å². The molecule has 0 spiro atoms. The Labute approximate surface area is 378 Å². The first-order valence-electron chi connectivity index (χ1n) is 26.5. The van der Waals surface area contributed by atoms with Gasteiger partial charge in [-0.1, -0.05) is 237 Å². The summed E-state index contributed by atoms with van der Waals surface area (Å²) in [6.07, 6.45) is 58.7. The van der Waals surface area contributed by atoms with Crippen molar-refractivity contribution in [3.05, 3.63) is 36.5 Å². The SMILES string of the molecule is CCCCC/C=C\C/C=C\C/C=C\CCCCCCCCC(=O)OCC(COC(=O)CCCCCCCC)OC(=O)CCCCCCCCCCCCCCCCCCCC. The van der Waals surface area contributed by atoms with Crippen LogP contribution in [0, 0.1) is 0 Å². The van der Waals surface area contributed by atoms with Gasteiger partial charge in [0.2, 0.25) is 0 Å². The maximum Gasteiger partial charge on any atom is 0.306 e. The zero-order valence-corrected chi connectivity index (χ0v) is 40.7. The van der Waals surface area contributed by atoms with E-state index >= 15 is 0 Å². The van der Waals surface area contributed by atoms with Gasteiger partial charge in [-0.2, -0.15) is 0 Å². The molecule has 6 nitrogen and oxygen atoms in total. The normalized spacial score (nSPS) is 12.2. The number of hydrogen-bond acceptors (Lipinski definition) is 6. The third kappa shape index (κ3) is 48.5. The second-order valence-electron chi connectivity index (χ2n) is 17.8. The van der Waals surface area contributed by atoms with Gasteiger partial charge >= 0.3 is 17.9 Å². The van der Waals surface area contributed by atoms with Crippen molar-refractivity contribution in [1.29, 1.82) is 0 Å². The monoisotopic (exact) mass is 857 g/mol. The first-order chi connectivity index (χ1) is 30.0. The van der Waals surface area contributed by atoms with Gasteiger partial charge in [0.05, 0.1) is 0 Å². The molecule has 0 aliphatic rings. The number of hydrogen-bond donors (Lipinski definition) is 0. The molecular weight excluding hydrogens is 757 g/mol. The second kappa shape index (κ2) is 50.3. The molecular formula is C55H100O6. The van der Waals surface area contributed by atoms with E-state index in [1.54, 1.807) is 0 Å². The molecule has 0 saturated carbocycles. The van der Waals surface area contributed by atoms with Gasteiger partial charge in [-0.3, -0.25) is 14.4 Å². The molecule has 1 unspecified atom stereocenters. The Morgan fingerprint density at radius 3 is 0.951 bits per heavy atom. The summed E-state index contributed by atoms with van der Waals surface area (Å²) >= 11 is 0. The second-order valence-corrected chi connectivity index (χ2v) is 17.8. The van der Waals surface area contributed by atoms with Crippen LogP contribution in [-0.2, 0) is 28.6 Å².